The van der Waals surface area contributed by atoms with Gasteiger partial charge in [-0.1, -0.05) is 0 Å². The molecule has 1 heterocycles. The van der Waals surface area contributed by atoms with E-state index in [0.29, 0.717) is 29.7 Å². The first-order chi connectivity index (χ1) is 9.08. The van der Waals surface area contributed by atoms with Gasteiger partial charge in [-0.15, -0.1) is 0 Å². The Kier molecular flexibility index (Phi) is 4.01. The number of benzene rings is 1. The predicted molar refractivity (Wildman–Crippen MR) is 76.4 cm³/mol. The van der Waals surface area contributed by atoms with E-state index in [4.69, 9.17) is 10.5 Å². The number of hydrogen-bond acceptors (Lipinski definition) is 5. The Morgan fingerprint density at radius 2 is 2.26 bits per heavy atom. The molecule has 1 aromatic heterocycles. The number of aromatic nitrogens is 2. The summed E-state index contributed by atoms with van der Waals surface area (Å²) >= 11 is 0. The smallest absolute Gasteiger partial charge is 0.258 e. The molecule has 19 heavy (non-hydrogen) atoms. The molecule has 0 fully saturated rings. The number of nitrogens with one attached hydrogen (secondary N) is 2. The van der Waals surface area contributed by atoms with Crippen molar-refractivity contribution in [1.82, 2.24) is 9.97 Å². The summed E-state index contributed by atoms with van der Waals surface area (Å²) in [4.78, 5) is 18.2. The number of aromatic amines is 1. The molecule has 0 saturated heterocycles. The minimum Gasteiger partial charge on any atom is -0.397 e. The van der Waals surface area contributed by atoms with Gasteiger partial charge in [0.05, 0.1) is 41.3 Å². The van der Waals surface area contributed by atoms with E-state index in [-0.39, 0.29) is 11.7 Å². The van der Waals surface area contributed by atoms with Crippen LogP contribution in [-0.4, -0.2) is 29.2 Å². The van der Waals surface area contributed by atoms with Gasteiger partial charge in [0.2, 0.25) is 0 Å². The largest absolute Gasteiger partial charge is 0.397 e. The number of hydrogen-bond donors (Lipinski definition) is 3. The molecule has 1 aromatic carbocycles. The molecule has 2 rings (SSSR count). The van der Waals surface area contributed by atoms with E-state index < -0.39 is 0 Å². The van der Waals surface area contributed by atoms with Crippen molar-refractivity contribution in [3.05, 3.63) is 28.8 Å². The maximum atomic E-state index is 11.6. The molecule has 0 spiro atoms. The zero-order chi connectivity index (χ0) is 13.8. The van der Waals surface area contributed by atoms with E-state index in [1.807, 2.05) is 13.8 Å². The Labute approximate surface area is 111 Å². The molecule has 4 N–H and O–H groups in total. The molecule has 0 aliphatic rings. The summed E-state index contributed by atoms with van der Waals surface area (Å²) in [6.45, 7) is 5.22. The van der Waals surface area contributed by atoms with E-state index >= 15 is 0 Å². The molecule has 0 atom stereocenters. The quantitative estimate of drug-likeness (QED) is 0.558. The van der Waals surface area contributed by atoms with E-state index in [1.165, 1.54) is 6.33 Å². The van der Waals surface area contributed by atoms with Crippen molar-refractivity contribution in [3.8, 4) is 0 Å². The lowest BCUT2D eigenvalue weighted by Crippen LogP contribution is -2.14. The summed E-state index contributed by atoms with van der Waals surface area (Å²) in [6.07, 6.45) is 1.59. The summed E-state index contributed by atoms with van der Waals surface area (Å²) < 4.78 is 5.44. The van der Waals surface area contributed by atoms with Gasteiger partial charge in [-0.05, 0) is 26.0 Å². The summed E-state index contributed by atoms with van der Waals surface area (Å²) in [5.41, 5.74) is 7.63. The second-order valence-electron chi connectivity index (χ2n) is 4.53. The van der Waals surface area contributed by atoms with E-state index in [2.05, 4.69) is 15.3 Å². The average Bonchev–Trinajstić information content (AvgIpc) is 2.36. The van der Waals surface area contributed by atoms with Crippen molar-refractivity contribution in [2.45, 2.75) is 20.0 Å². The molecule has 0 amide bonds. The Morgan fingerprint density at radius 3 is 3.00 bits per heavy atom. The molecular weight excluding hydrogens is 244 g/mol. The van der Waals surface area contributed by atoms with Crippen LogP contribution in [0, 0.1) is 0 Å². The third-order valence-corrected chi connectivity index (χ3v) is 2.68. The fourth-order valence-electron chi connectivity index (χ4n) is 1.77. The van der Waals surface area contributed by atoms with Crippen molar-refractivity contribution in [2.24, 2.45) is 0 Å². The third kappa shape index (κ3) is 3.23. The first-order valence-corrected chi connectivity index (χ1v) is 6.20. The molecule has 0 saturated carbocycles. The monoisotopic (exact) mass is 262 g/mol. The van der Waals surface area contributed by atoms with Crippen LogP contribution in [0.3, 0.4) is 0 Å². The van der Waals surface area contributed by atoms with Crippen LogP contribution < -0.4 is 16.6 Å². The lowest BCUT2D eigenvalue weighted by Gasteiger charge is -2.11. The van der Waals surface area contributed by atoms with Crippen LogP contribution in [0.2, 0.25) is 0 Å². The minimum absolute atomic E-state index is 0.189. The molecule has 0 unspecified atom stereocenters. The van der Waals surface area contributed by atoms with Crippen molar-refractivity contribution >= 4 is 22.3 Å². The number of rotatable bonds is 5. The van der Waals surface area contributed by atoms with Crippen molar-refractivity contribution < 1.29 is 4.74 Å². The van der Waals surface area contributed by atoms with Gasteiger partial charge in [-0.25, -0.2) is 4.98 Å². The van der Waals surface area contributed by atoms with Crippen molar-refractivity contribution in [3.63, 3.8) is 0 Å². The average molecular weight is 262 g/mol. The molecule has 102 valence electrons. The highest BCUT2D eigenvalue weighted by Gasteiger charge is 2.05. The van der Waals surface area contributed by atoms with Crippen LogP contribution in [0.1, 0.15) is 13.8 Å². The number of ether oxygens (including phenoxy) is 1. The molecular formula is C13H18N4O2. The maximum Gasteiger partial charge on any atom is 0.258 e. The number of nitrogens with two attached hydrogens (primary N) is 1. The fraction of sp³-hybridized carbons (Fsp3) is 0.385. The zero-order valence-electron chi connectivity index (χ0n) is 11.1. The minimum atomic E-state index is -0.189. The highest BCUT2D eigenvalue weighted by molar-refractivity contribution is 5.88. The lowest BCUT2D eigenvalue weighted by atomic mass is 10.2. The molecule has 6 nitrogen and oxygen atoms in total. The van der Waals surface area contributed by atoms with Gasteiger partial charge in [0.25, 0.3) is 5.56 Å². The first-order valence-electron chi connectivity index (χ1n) is 6.20. The van der Waals surface area contributed by atoms with Gasteiger partial charge in [-0.2, -0.15) is 0 Å². The van der Waals surface area contributed by atoms with Crippen LogP contribution in [0.25, 0.3) is 10.9 Å². The Bertz CT molecular complexity index is 622. The molecule has 0 aliphatic carbocycles. The topological polar surface area (TPSA) is 93.0 Å². The van der Waals surface area contributed by atoms with Crippen molar-refractivity contribution in [2.75, 3.05) is 24.2 Å². The van der Waals surface area contributed by atoms with Gasteiger partial charge in [-0.3, -0.25) is 4.79 Å². The van der Waals surface area contributed by atoms with E-state index in [0.717, 1.165) is 5.69 Å². The van der Waals surface area contributed by atoms with Gasteiger partial charge in [0.15, 0.2) is 0 Å². The second kappa shape index (κ2) is 5.71. The summed E-state index contributed by atoms with van der Waals surface area (Å²) in [5.74, 6) is 0. The van der Waals surface area contributed by atoms with Crippen LogP contribution >= 0.6 is 0 Å². The predicted octanol–water partition coefficient (Wildman–Crippen LogP) is 1.34. The normalized spacial score (nSPS) is 11.1. The first kappa shape index (κ1) is 13.4. The summed E-state index contributed by atoms with van der Waals surface area (Å²) in [7, 11) is 0. The molecule has 6 heteroatoms. The van der Waals surface area contributed by atoms with Crippen LogP contribution in [0.5, 0.6) is 0 Å². The number of H-pyrrole nitrogens is 1. The van der Waals surface area contributed by atoms with Crippen LogP contribution in [-0.2, 0) is 4.74 Å². The van der Waals surface area contributed by atoms with Gasteiger partial charge >= 0.3 is 0 Å². The Morgan fingerprint density at radius 1 is 1.47 bits per heavy atom. The van der Waals surface area contributed by atoms with Crippen molar-refractivity contribution in [1.29, 1.82) is 0 Å². The SMILES string of the molecule is CC(C)OCCNc1cc2nc[nH]c(=O)c2cc1N. The standard InChI is InChI=1S/C13H18N4O2/c1-8(2)19-4-3-15-12-6-11-9(5-10(12)14)13(18)17-7-16-11/h5-8,15H,3-4,14H2,1-2H3,(H,16,17,18). The second-order valence-corrected chi connectivity index (χ2v) is 4.53. The van der Waals surface area contributed by atoms with E-state index in [9.17, 15) is 4.79 Å². The third-order valence-electron chi connectivity index (χ3n) is 2.68. The highest BCUT2D eigenvalue weighted by Crippen LogP contribution is 2.22. The molecule has 2 aromatic rings. The summed E-state index contributed by atoms with van der Waals surface area (Å²) in [5, 5.41) is 3.67. The lowest BCUT2D eigenvalue weighted by molar-refractivity contribution is 0.0871. The Hall–Kier alpha value is -2.08. The number of anilines is 2. The molecule has 0 bridgehead atoms. The van der Waals surface area contributed by atoms with E-state index in [1.54, 1.807) is 12.1 Å². The maximum absolute atomic E-state index is 11.6. The fourth-order valence-corrected chi connectivity index (χ4v) is 1.77. The van der Waals surface area contributed by atoms with Gasteiger partial charge in [0, 0.05) is 6.54 Å². The number of nitrogen functional groups attached to an aromatic ring is 1. The van der Waals surface area contributed by atoms with Crippen LogP contribution in [0.4, 0.5) is 11.4 Å². The number of fused-ring (bicyclic) bond motifs is 1. The molecule has 0 aliphatic heterocycles. The summed E-state index contributed by atoms with van der Waals surface area (Å²) in [6, 6.07) is 3.40. The highest BCUT2D eigenvalue weighted by atomic mass is 16.5. The van der Waals surface area contributed by atoms with Gasteiger partial charge < -0.3 is 20.8 Å². The van der Waals surface area contributed by atoms with Gasteiger partial charge in [0.1, 0.15) is 0 Å². The number of nitrogens with zero attached hydrogens (tertiary/aromatic N) is 1. The van der Waals surface area contributed by atoms with Crippen LogP contribution in [0.15, 0.2) is 23.3 Å². The zero-order valence-corrected chi connectivity index (χ0v) is 11.1. The Balaban J connectivity index is 2.15. The molecule has 0 radical (unpaired) electrons.